The summed E-state index contributed by atoms with van der Waals surface area (Å²) in [6.07, 6.45) is 1.66. The number of sulfonamides is 1. The SMILES string of the molecule is O=[S+]([O-])(NC1CCN(Cc2cccc(-c3cccs3)c2)CC1)c1ccccc1. The normalized spacial score (nSPS) is 18.0. The molecule has 0 aliphatic carbocycles. The number of thiophene rings is 1. The van der Waals surface area contributed by atoms with E-state index in [1.54, 1.807) is 35.6 Å². The number of likely N-dealkylation sites (tertiary alicyclic amines) is 1. The van der Waals surface area contributed by atoms with Gasteiger partial charge in [-0.05, 0) is 53.6 Å². The first-order chi connectivity index (χ1) is 13.6. The molecule has 1 unspecified atom stereocenters. The van der Waals surface area contributed by atoms with Gasteiger partial charge < -0.3 is 4.55 Å². The van der Waals surface area contributed by atoms with E-state index in [4.69, 9.17) is 0 Å². The Morgan fingerprint density at radius 2 is 1.82 bits per heavy atom. The zero-order valence-corrected chi connectivity index (χ0v) is 17.3. The molecule has 0 radical (unpaired) electrons. The molecule has 146 valence electrons. The summed E-state index contributed by atoms with van der Waals surface area (Å²) in [5.41, 5.74) is 2.56. The molecule has 0 amide bonds. The molecule has 1 fully saturated rings. The first kappa shape index (κ1) is 19.5. The van der Waals surface area contributed by atoms with Gasteiger partial charge in [-0.1, -0.05) is 46.7 Å². The second kappa shape index (κ2) is 8.68. The van der Waals surface area contributed by atoms with Crippen LogP contribution in [0, 0.1) is 0 Å². The molecule has 28 heavy (non-hydrogen) atoms. The summed E-state index contributed by atoms with van der Waals surface area (Å²) in [5, 5.41) is 2.10. The third kappa shape index (κ3) is 4.77. The summed E-state index contributed by atoms with van der Waals surface area (Å²) < 4.78 is 27.9. The number of hydrogen-bond donors (Lipinski definition) is 1. The van der Waals surface area contributed by atoms with Gasteiger partial charge in [0.25, 0.3) is 0 Å². The minimum atomic E-state index is -3.43. The number of hydrogen-bond acceptors (Lipinski definition) is 4. The van der Waals surface area contributed by atoms with Crippen LogP contribution in [0.4, 0.5) is 0 Å². The predicted molar refractivity (Wildman–Crippen MR) is 115 cm³/mol. The summed E-state index contributed by atoms with van der Waals surface area (Å²) in [5.74, 6) is 0. The van der Waals surface area contributed by atoms with E-state index in [1.807, 2.05) is 6.07 Å². The molecule has 1 aliphatic rings. The second-order valence-corrected chi connectivity index (χ2v) is 9.82. The van der Waals surface area contributed by atoms with Gasteiger partial charge >= 0.3 is 0 Å². The number of nitrogens with one attached hydrogen (secondary N) is 1. The molecule has 1 atom stereocenters. The molecule has 0 spiro atoms. The van der Waals surface area contributed by atoms with E-state index >= 15 is 0 Å². The van der Waals surface area contributed by atoms with Crippen LogP contribution in [0.1, 0.15) is 18.4 Å². The van der Waals surface area contributed by atoms with Crippen LogP contribution in [0.2, 0.25) is 0 Å². The Hall–Kier alpha value is -1.83. The van der Waals surface area contributed by atoms with Crippen LogP contribution < -0.4 is 4.72 Å². The molecule has 4 rings (SSSR count). The van der Waals surface area contributed by atoms with Crippen molar-refractivity contribution >= 4 is 21.7 Å². The molecule has 0 saturated carbocycles. The Morgan fingerprint density at radius 1 is 1.04 bits per heavy atom. The monoisotopic (exact) mass is 412 g/mol. The Kier molecular flexibility index (Phi) is 6.04. The van der Waals surface area contributed by atoms with E-state index in [-0.39, 0.29) is 6.04 Å². The maximum atomic E-state index is 12.5. The first-order valence-electron chi connectivity index (χ1n) is 9.53. The lowest BCUT2D eigenvalue weighted by molar-refractivity contribution is 0.198. The summed E-state index contributed by atoms with van der Waals surface area (Å²) in [6.45, 7) is 2.69. The predicted octanol–water partition coefficient (Wildman–Crippen LogP) is 4.57. The lowest BCUT2D eigenvalue weighted by Gasteiger charge is -2.32. The maximum absolute atomic E-state index is 12.5. The molecular weight excluding hydrogens is 388 g/mol. The van der Waals surface area contributed by atoms with Crippen LogP contribution in [-0.4, -0.2) is 28.6 Å². The maximum Gasteiger partial charge on any atom is 0.175 e. The van der Waals surface area contributed by atoms with Gasteiger partial charge in [-0.2, -0.15) is 0 Å². The summed E-state index contributed by atoms with van der Waals surface area (Å²) in [4.78, 5) is 4.03. The Balaban J connectivity index is 1.32. The van der Waals surface area contributed by atoms with Crippen LogP contribution in [-0.2, 0) is 21.2 Å². The fourth-order valence-corrected chi connectivity index (χ4v) is 5.67. The topological polar surface area (TPSA) is 55.4 Å². The number of piperidine rings is 1. The van der Waals surface area contributed by atoms with E-state index in [2.05, 4.69) is 51.4 Å². The van der Waals surface area contributed by atoms with Crippen molar-refractivity contribution in [2.45, 2.75) is 30.3 Å². The van der Waals surface area contributed by atoms with Crippen molar-refractivity contribution in [3.8, 4) is 10.4 Å². The lowest BCUT2D eigenvalue weighted by atomic mass is 10.0. The molecule has 6 heteroatoms. The quantitative estimate of drug-likeness (QED) is 0.603. The molecule has 1 aromatic heterocycles. The Labute approximate surface area is 171 Å². The highest BCUT2D eigenvalue weighted by molar-refractivity contribution is 7.95. The van der Waals surface area contributed by atoms with Crippen LogP contribution in [0.25, 0.3) is 10.4 Å². The minimum absolute atomic E-state index is 0.00101. The van der Waals surface area contributed by atoms with Gasteiger partial charge in [-0.3, -0.25) is 4.90 Å². The molecule has 0 bridgehead atoms. The van der Waals surface area contributed by atoms with Gasteiger partial charge in [0.05, 0.1) is 6.04 Å². The average Bonchev–Trinajstić information content (AvgIpc) is 3.25. The Morgan fingerprint density at radius 3 is 2.54 bits per heavy atom. The third-order valence-corrected chi connectivity index (χ3v) is 7.56. The molecule has 1 N–H and O–H groups in total. The molecule has 3 aromatic rings. The van der Waals surface area contributed by atoms with E-state index in [0.717, 1.165) is 32.5 Å². The van der Waals surface area contributed by atoms with Gasteiger partial charge in [-0.25, -0.2) is 0 Å². The summed E-state index contributed by atoms with van der Waals surface area (Å²) >= 11 is 1.76. The highest BCUT2D eigenvalue weighted by Gasteiger charge is 2.28. The van der Waals surface area contributed by atoms with Crippen molar-refractivity contribution in [3.63, 3.8) is 0 Å². The molecule has 1 aliphatic heterocycles. The van der Waals surface area contributed by atoms with E-state index < -0.39 is 10.4 Å². The summed E-state index contributed by atoms with van der Waals surface area (Å²) in [6, 6.07) is 21.5. The highest BCUT2D eigenvalue weighted by atomic mass is 32.3. The van der Waals surface area contributed by atoms with E-state index in [0.29, 0.717) is 4.90 Å². The molecule has 4 nitrogen and oxygen atoms in total. The van der Waals surface area contributed by atoms with Gasteiger partial charge in [0, 0.05) is 24.5 Å². The molecular formula is C22H24N2O2S2. The summed E-state index contributed by atoms with van der Waals surface area (Å²) in [7, 11) is -3.43. The van der Waals surface area contributed by atoms with Crippen molar-refractivity contribution < 1.29 is 8.76 Å². The number of rotatable bonds is 6. The zero-order chi connectivity index (χ0) is 19.4. The van der Waals surface area contributed by atoms with Gasteiger partial charge in [0.2, 0.25) is 0 Å². The van der Waals surface area contributed by atoms with Crippen molar-refractivity contribution in [3.05, 3.63) is 77.7 Å². The lowest BCUT2D eigenvalue weighted by Crippen LogP contribution is -2.46. The fraction of sp³-hybridized carbons (Fsp3) is 0.273. The third-order valence-electron chi connectivity index (χ3n) is 5.10. The zero-order valence-electron chi connectivity index (χ0n) is 15.6. The van der Waals surface area contributed by atoms with Crippen LogP contribution in [0.15, 0.2) is 77.0 Å². The Bertz CT molecular complexity index is 936. The minimum Gasteiger partial charge on any atom is -0.593 e. The first-order valence-corrected chi connectivity index (χ1v) is 11.9. The van der Waals surface area contributed by atoms with Gasteiger partial charge in [0.1, 0.15) is 0 Å². The van der Waals surface area contributed by atoms with E-state index in [1.165, 1.54) is 16.0 Å². The molecule has 1 saturated heterocycles. The standard InChI is InChI=1S/C22H24N2O2S2/c25-28(26,21-8-2-1-3-9-21)23-20-11-13-24(14-12-20)17-18-6-4-7-19(16-18)22-10-5-15-27-22/h1-10,15-16,20H,11-14,17H2,(H-,23,25,26). The smallest absolute Gasteiger partial charge is 0.175 e. The molecule has 2 aromatic carbocycles. The van der Waals surface area contributed by atoms with E-state index in [9.17, 15) is 8.76 Å². The van der Waals surface area contributed by atoms with Crippen molar-refractivity contribution in [2.75, 3.05) is 13.1 Å². The van der Waals surface area contributed by atoms with Gasteiger partial charge in [0.15, 0.2) is 15.3 Å². The number of benzene rings is 2. The average molecular weight is 413 g/mol. The van der Waals surface area contributed by atoms with Crippen LogP contribution in [0.5, 0.6) is 0 Å². The van der Waals surface area contributed by atoms with Crippen LogP contribution >= 0.6 is 11.3 Å². The largest absolute Gasteiger partial charge is 0.593 e. The van der Waals surface area contributed by atoms with Crippen molar-refractivity contribution in [2.24, 2.45) is 0 Å². The number of nitrogens with zero attached hydrogens (tertiary/aromatic N) is 1. The second-order valence-electron chi connectivity index (χ2n) is 7.16. The van der Waals surface area contributed by atoms with Gasteiger partial charge in [-0.15, -0.1) is 16.1 Å². The van der Waals surface area contributed by atoms with Crippen molar-refractivity contribution in [1.29, 1.82) is 0 Å². The van der Waals surface area contributed by atoms with Crippen LogP contribution in [0.3, 0.4) is 0 Å². The fourth-order valence-electron chi connectivity index (χ4n) is 3.62. The molecule has 2 heterocycles. The highest BCUT2D eigenvalue weighted by Crippen LogP contribution is 2.26. The van der Waals surface area contributed by atoms with Crippen molar-refractivity contribution in [1.82, 2.24) is 9.62 Å².